The quantitative estimate of drug-likeness (QED) is 0.929. The van der Waals surface area contributed by atoms with E-state index in [0.29, 0.717) is 30.4 Å². The second-order valence-electron chi connectivity index (χ2n) is 5.60. The molecule has 1 aromatic heterocycles. The smallest absolute Gasteiger partial charge is 0.259 e. The van der Waals surface area contributed by atoms with Gasteiger partial charge in [-0.2, -0.15) is 4.98 Å². The molecule has 0 radical (unpaired) electrons. The van der Waals surface area contributed by atoms with Gasteiger partial charge in [-0.3, -0.25) is 4.90 Å². The van der Waals surface area contributed by atoms with Crippen LogP contribution in [0.2, 0.25) is 5.02 Å². The third kappa shape index (κ3) is 2.95. The van der Waals surface area contributed by atoms with Gasteiger partial charge in [0.1, 0.15) is 5.75 Å². The van der Waals surface area contributed by atoms with Gasteiger partial charge in [-0.1, -0.05) is 16.8 Å². The van der Waals surface area contributed by atoms with Gasteiger partial charge in [0.15, 0.2) is 11.4 Å². The number of rotatable bonds is 4. The van der Waals surface area contributed by atoms with E-state index in [2.05, 4.69) is 15.0 Å². The third-order valence-corrected chi connectivity index (χ3v) is 4.27. The summed E-state index contributed by atoms with van der Waals surface area (Å²) in [5.74, 6) is 1.57. The van der Waals surface area contributed by atoms with E-state index in [4.69, 9.17) is 20.9 Å². The molecule has 1 aliphatic heterocycles. The second kappa shape index (κ2) is 5.87. The van der Waals surface area contributed by atoms with Crippen LogP contribution in [0.15, 0.2) is 22.7 Å². The molecule has 2 aromatic rings. The zero-order valence-electron chi connectivity index (χ0n) is 12.5. The van der Waals surface area contributed by atoms with Crippen molar-refractivity contribution in [2.45, 2.75) is 25.5 Å². The van der Waals surface area contributed by atoms with Crippen molar-refractivity contribution in [3.05, 3.63) is 40.5 Å². The maximum Gasteiger partial charge on any atom is 0.259 e. The van der Waals surface area contributed by atoms with Crippen LogP contribution in [0.5, 0.6) is 5.75 Å². The highest BCUT2D eigenvalue weighted by Gasteiger charge is 2.42. The molecule has 1 saturated heterocycles. The SMILES string of the molecule is COc1ccc(Cl)c(CN2CCC(O)(c3nc(C)no3)C2)c1. The summed E-state index contributed by atoms with van der Waals surface area (Å²) in [6.07, 6.45) is 0.552. The third-order valence-electron chi connectivity index (χ3n) is 3.90. The van der Waals surface area contributed by atoms with Crippen LogP contribution in [-0.4, -0.2) is 40.3 Å². The maximum atomic E-state index is 10.7. The molecule has 0 spiro atoms. The first kappa shape index (κ1) is 15.3. The lowest BCUT2D eigenvalue weighted by molar-refractivity contribution is 0.0131. The Hall–Kier alpha value is -1.63. The number of benzene rings is 1. The summed E-state index contributed by atoms with van der Waals surface area (Å²) in [4.78, 5) is 6.26. The fourth-order valence-corrected chi connectivity index (χ4v) is 2.88. The van der Waals surface area contributed by atoms with Gasteiger partial charge < -0.3 is 14.4 Å². The standard InChI is InChI=1S/C15H18ClN3O3/c1-10-17-14(22-18-10)15(20)5-6-19(9-15)8-11-7-12(21-2)3-4-13(11)16/h3-4,7,20H,5-6,8-9H2,1-2H3. The summed E-state index contributed by atoms with van der Waals surface area (Å²) in [5.41, 5.74) is -0.126. The van der Waals surface area contributed by atoms with Gasteiger partial charge in [0.25, 0.3) is 5.89 Å². The molecular formula is C15H18ClN3O3. The van der Waals surface area contributed by atoms with Crippen molar-refractivity contribution in [2.24, 2.45) is 0 Å². The van der Waals surface area contributed by atoms with Gasteiger partial charge in [0, 0.05) is 24.7 Å². The van der Waals surface area contributed by atoms with E-state index >= 15 is 0 Å². The molecule has 0 amide bonds. The van der Waals surface area contributed by atoms with Crippen molar-refractivity contribution in [1.29, 1.82) is 0 Å². The zero-order chi connectivity index (χ0) is 15.7. The molecule has 1 N–H and O–H groups in total. The topological polar surface area (TPSA) is 71.6 Å². The van der Waals surface area contributed by atoms with Crippen molar-refractivity contribution in [3.63, 3.8) is 0 Å². The Morgan fingerprint density at radius 3 is 3.00 bits per heavy atom. The number of β-amino-alcohol motifs (C(OH)–C–C–N with tert-alkyl or cyclic N) is 1. The normalized spacial score (nSPS) is 22.2. The van der Waals surface area contributed by atoms with Crippen LogP contribution in [0.4, 0.5) is 0 Å². The zero-order valence-corrected chi connectivity index (χ0v) is 13.3. The van der Waals surface area contributed by atoms with Gasteiger partial charge in [-0.15, -0.1) is 0 Å². The molecule has 0 saturated carbocycles. The summed E-state index contributed by atoms with van der Waals surface area (Å²) in [5, 5.41) is 15.1. The number of nitrogens with zero attached hydrogens (tertiary/aromatic N) is 3. The highest BCUT2D eigenvalue weighted by Crippen LogP contribution is 2.33. The maximum absolute atomic E-state index is 10.7. The lowest BCUT2D eigenvalue weighted by Gasteiger charge is -2.20. The number of methoxy groups -OCH3 is 1. The first-order chi connectivity index (χ1) is 10.5. The first-order valence-electron chi connectivity index (χ1n) is 7.08. The fraction of sp³-hybridized carbons (Fsp3) is 0.467. The van der Waals surface area contributed by atoms with Crippen LogP contribution in [0.1, 0.15) is 23.7 Å². The Labute approximate surface area is 133 Å². The molecule has 1 atom stereocenters. The summed E-state index contributed by atoms with van der Waals surface area (Å²) in [6.45, 7) is 3.53. The molecule has 2 heterocycles. The average molecular weight is 324 g/mol. The van der Waals surface area contributed by atoms with Crippen molar-refractivity contribution in [2.75, 3.05) is 20.2 Å². The highest BCUT2D eigenvalue weighted by molar-refractivity contribution is 6.31. The molecule has 6 nitrogen and oxygen atoms in total. The van der Waals surface area contributed by atoms with Gasteiger partial charge in [-0.25, -0.2) is 0 Å². The summed E-state index contributed by atoms with van der Waals surface area (Å²) in [7, 11) is 1.62. The number of aliphatic hydroxyl groups is 1. The van der Waals surface area contributed by atoms with E-state index in [-0.39, 0.29) is 5.89 Å². The highest BCUT2D eigenvalue weighted by atomic mass is 35.5. The predicted molar refractivity (Wildman–Crippen MR) is 80.8 cm³/mol. The Morgan fingerprint density at radius 2 is 2.32 bits per heavy atom. The molecule has 118 valence electrons. The first-order valence-corrected chi connectivity index (χ1v) is 7.46. The number of halogens is 1. The van der Waals surface area contributed by atoms with Gasteiger partial charge in [0.2, 0.25) is 0 Å². The molecule has 3 rings (SSSR count). The van der Waals surface area contributed by atoms with Crippen LogP contribution in [-0.2, 0) is 12.1 Å². The van der Waals surface area contributed by atoms with Gasteiger partial charge in [-0.05, 0) is 37.1 Å². The molecule has 0 bridgehead atoms. The molecule has 1 aliphatic rings. The molecular weight excluding hydrogens is 306 g/mol. The Kier molecular flexibility index (Phi) is 4.08. The summed E-state index contributed by atoms with van der Waals surface area (Å²) >= 11 is 6.24. The van der Waals surface area contributed by atoms with Crippen molar-refractivity contribution < 1.29 is 14.4 Å². The van der Waals surface area contributed by atoms with Crippen LogP contribution < -0.4 is 4.74 Å². The Bertz CT molecular complexity index is 676. The van der Waals surface area contributed by atoms with Crippen LogP contribution in [0.3, 0.4) is 0 Å². The van der Waals surface area contributed by atoms with E-state index in [9.17, 15) is 5.11 Å². The van der Waals surface area contributed by atoms with E-state index in [1.54, 1.807) is 14.0 Å². The average Bonchev–Trinajstić information content (AvgIpc) is 3.09. The monoisotopic (exact) mass is 323 g/mol. The predicted octanol–water partition coefficient (Wildman–Crippen LogP) is 2.13. The molecule has 1 fully saturated rings. The number of ether oxygens (including phenoxy) is 1. The Balaban J connectivity index is 1.73. The van der Waals surface area contributed by atoms with Crippen LogP contribution in [0.25, 0.3) is 0 Å². The lowest BCUT2D eigenvalue weighted by atomic mass is 10.0. The second-order valence-corrected chi connectivity index (χ2v) is 6.00. The van der Waals surface area contributed by atoms with Crippen molar-refractivity contribution in [1.82, 2.24) is 15.0 Å². The molecule has 1 aromatic carbocycles. The minimum atomic E-state index is -1.09. The fourth-order valence-electron chi connectivity index (χ4n) is 2.71. The number of hydrogen-bond acceptors (Lipinski definition) is 6. The van der Waals surface area contributed by atoms with E-state index in [1.165, 1.54) is 0 Å². The van der Waals surface area contributed by atoms with Crippen molar-refractivity contribution in [3.8, 4) is 5.75 Å². The molecule has 1 unspecified atom stereocenters. The number of aryl methyl sites for hydroxylation is 1. The number of likely N-dealkylation sites (tertiary alicyclic amines) is 1. The molecule has 0 aliphatic carbocycles. The van der Waals surface area contributed by atoms with E-state index < -0.39 is 5.60 Å². The minimum absolute atomic E-state index is 0.282. The largest absolute Gasteiger partial charge is 0.497 e. The molecule has 22 heavy (non-hydrogen) atoms. The van der Waals surface area contributed by atoms with Gasteiger partial charge >= 0.3 is 0 Å². The summed E-state index contributed by atoms with van der Waals surface area (Å²) < 4.78 is 10.4. The number of aromatic nitrogens is 2. The van der Waals surface area contributed by atoms with E-state index in [0.717, 1.165) is 17.9 Å². The lowest BCUT2D eigenvalue weighted by Crippen LogP contribution is -2.31. The van der Waals surface area contributed by atoms with Crippen LogP contribution >= 0.6 is 11.6 Å². The van der Waals surface area contributed by atoms with Crippen LogP contribution in [0, 0.1) is 6.92 Å². The van der Waals surface area contributed by atoms with E-state index in [1.807, 2.05) is 18.2 Å². The minimum Gasteiger partial charge on any atom is -0.497 e. The van der Waals surface area contributed by atoms with Gasteiger partial charge in [0.05, 0.1) is 7.11 Å². The summed E-state index contributed by atoms with van der Waals surface area (Å²) in [6, 6.07) is 5.56. The van der Waals surface area contributed by atoms with Crippen molar-refractivity contribution >= 4 is 11.6 Å². The number of hydrogen-bond donors (Lipinski definition) is 1. The Morgan fingerprint density at radius 1 is 1.50 bits per heavy atom. The molecule has 7 heteroatoms.